The molecule has 1 rings (SSSR count). The zero-order valence-electron chi connectivity index (χ0n) is 11.8. The van der Waals surface area contributed by atoms with Gasteiger partial charge in [-0.05, 0) is 26.2 Å². The summed E-state index contributed by atoms with van der Waals surface area (Å²) in [5.74, 6) is -1.24. The maximum absolute atomic E-state index is 11.9. The zero-order chi connectivity index (χ0) is 15.0. The first kappa shape index (κ1) is 16.4. The molecule has 0 spiro atoms. The van der Waals surface area contributed by atoms with E-state index in [1.165, 1.54) is 0 Å². The summed E-state index contributed by atoms with van der Waals surface area (Å²) in [5.41, 5.74) is 0. The third-order valence-electron chi connectivity index (χ3n) is 3.03. The van der Waals surface area contributed by atoms with Gasteiger partial charge in [-0.25, -0.2) is 4.79 Å². The standard InChI is InChI=1S/C13H22N2O5/c1-10-9-15(7-4-8-20-10)13(19)14-11(16)5-2-3-6-12(17)18/h10H,2-9H2,1H3,(H,17,18)(H,14,16,19). The molecule has 2 N–H and O–H groups in total. The summed E-state index contributed by atoms with van der Waals surface area (Å²) in [5, 5.41) is 10.8. The topological polar surface area (TPSA) is 95.9 Å². The first-order valence-electron chi connectivity index (χ1n) is 6.91. The number of ether oxygens (including phenoxy) is 1. The van der Waals surface area contributed by atoms with Crippen LogP contribution in [0.2, 0.25) is 0 Å². The van der Waals surface area contributed by atoms with Crippen molar-refractivity contribution in [2.75, 3.05) is 19.7 Å². The molecule has 1 fully saturated rings. The summed E-state index contributed by atoms with van der Waals surface area (Å²) < 4.78 is 5.43. The molecule has 7 heteroatoms. The Bertz CT molecular complexity index is 359. The lowest BCUT2D eigenvalue weighted by Gasteiger charge is -2.21. The van der Waals surface area contributed by atoms with Gasteiger partial charge in [-0.15, -0.1) is 0 Å². The van der Waals surface area contributed by atoms with Crippen LogP contribution in [0, 0.1) is 0 Å². The molecule has 0 radical (unpaired) electrons. The maximum atomic E-state index is 11.9. The largest absolute Gasteiger partial charge is 0.481 e. The number of nitrogens with one attached hydrogen (secondary N) is 1. The Morgan fingerprint density at radius 1 is 1.30 bits per heavy atom. The number of amides is 3. The van der Waals surface area contributed by atoms with Crippen LogP contribution in [0.25, 0.3) is 0 Å². The van der Waals surface area contributed by atoms with E-state index in [1.54, 1.807) is 4.90 Å². The lowest BCUT2D eigenvalue weighted by atomic mass is 10.2. The van der Waals surface area contributed by atoms with Crippen LogP contribution < -0.4 is 5.32 Å². The predicted octanol–water partition coefficient (Wildman–Crippen LogP) is 0.978. The Morgan fingerprint density at radius 2 is 2.00 bits per heavy atom. The molecular formula is C13H22N2O5. The van der Waals surface area contributed by atoms with Gasteiger partial charge >= 0.3 is 12.0 Å². The fourth-order valence-electron chi connectivity index (χ4n) is 2.00. The Morgan fingerprint density at radius 3 is 2.70 bits per heavy atom. The summed E-state index contributed by atoms with van der Waals surface area (Å²) in [7, 11) is 0. The number of rotatable bonds is 5. The summed E-state index contributed by atoms with van der Waals surface area (Å²) >= 11 is 0. The number of carbonyl (C=O) groups is 3. The van der Waals surface area contributed by atoms with Gasteiger partial charge in [0.15, 0.2) is 0 Å². The van der Waals surface area contributed by atoms with Crippen molar-refractivity contribution in [1.29, 1.82) is 0 Å². The quantitative estimate of drug-likeness (QED) is 0.734. The Labute approximate surface area is 118 Å². The number of carbonyl (C=O) groups excluding carboxylic acids is 2. The van der Waals surface area contributed by atoms with Crippen LogP contribution in [0.5, 0.6) is 0 Å². The summed E-state index contributed by atoms with van der Waals surface area (Å²) in [6, 6.07) is -0.398. The number of carboxylic acid groups (broad SMARTS) is 1. The zero-order valence-corrected chi connectivity index (χ0v) is 11.8. The van der Waals surface area contributed by atoms with Crippen molar-refractivity contribution in [2.24, 2.45) is 0 Å². The van der Waals surface area contributed by atoms with Gasteiger partial charge in [-0.1, -0.05) is 0 Å². The maximum Gasteiger partial charge on any atom is 0.324 e. The van der Waals surface area contributed by atoms with Crippen molar-refractivity contribution in [3.8, 4) is 0 Å². The van der Waals surface area contributed by atoms with E-state index in [-0.39, 0.29) is 24.9 Å². The second-order valence-electron chi connectivity index (χ2n) is 4.94. The molecule has 114 valence electrons. The van der Waals surface area contributed by atoms with Crippen LogP contribution in [-0.4, -0.2) is 53.7 Å². The highest BCUT2D eigenvalue weighted by molar-refractivity contribution is 5.94. The third-order valence-corrected chi connectivity index (χ3v) is 3.03. The SMILES string of the molecule is CC1CN(C(=O)NC(=O)CCCCC(=O)O)CCCO1. The average molecular weight is 286 g/mol. The second-order valence-corrected chi connectivity index (χ2v) is 4.94. The minimum Gasteiger partial charge on any atom is -0.481 e. The van der Waals surface area contributed by atoms with Gasteiger partial charge in [0.05, 0.1) is 6.10 Å². The third kappa shape index (κ3) is 6.51. The number of unbranched alkanes of at least 4 members (excludes halogenated alkanes) is 1. The minimum atomic E-state index is -0.875. The van der Waals surface area contributed by atoms with Crippen LogP contribution in [0.4, 0.5) is 4.79 Å². The first-order chi connectivity index (χ1) is 9.49. The number of carboxylic acids is 1. The van der Waals surface area contributed by atoms with Gasteiger partial charge in [-0.3, -0.25) is 14.9 Å². The average Bonchev–Trinajstić information content (AvgIpc) is 2.59. The molecule has 0 saturated carbocycles. The normalized spacial score (nSPS) is 19.2. The lowest BCUT2D eigenvalue weighted by Crippen LogP contribution is -2.45. The molecule has 0 aromatic rings. The number of hydrogen-bond donors (Lipinski definition) is 2. The van der Waals surface area contributed by atoms with E-state index in [9.17, 15) is 14.4 Å². The molecule has 0 bridgehead atoms. The molecule has 1 saturated heterocycles. The number of imide groups is 1. The first-order valence-corrected chi connectivity index (χ1v) is 6.91. The number of nitrogens with zero attached hydrogens (tertiary/aromatic N) is 1. The van der Waals surface area contributed by atoms with Crippen molar-refractivity contribution >= 4 is 17.9 Å². The fourth-order valence-corrected chi connectivity index (χ4v) is 2.00. The van der Waals surface area contributed by atoms with Crippen molar-refractivity contribution < 1.29 is 24.2 Å². The van der Waals surface area contributed by atoms with E-state index in [2.05, 4.69) is 5.32 Å². The molecule has 0 aliphatic carbocycles. The predicted molar refractivity (Wildman–Crippen MR) is 71.2 cm³/mol. The summed E-state index contributed by atoms with van der Waals surface area (Å²) in [4.78, 5) is 35.4. The lowest BCUT2D eigenvalue weighted by molar-refractivity contribution is -0.137. The van der Waals surface area contributed by atoms with Crippen LogP contribution in [0.3, 0.4) is 0 Å². The fraction of sp³-hybridized carbons (Fsp3) is 0.769. The molecule has 20 heavy (non-hydrogen) atoms. The van der Waals surface area contributed by atoms with Crippen molar-refractivity contribution in [1.82, 2.24) is 10.2 Å². The van der Waals surface area contributed by atoms with Crippen LogP contribution in [0.15, 0.2) is 0 Å². The second kappa shape index (κ2) is 8.52. The van der Waals surface area contributed by atoms with Crippen molar-refractivity contribution in [3.63, 3.8) is 0 Å². The molecule has 1 aliphatic rings. The monoisotopic (exact) mass is 286 g/mol. The van der Waals surface area contributed by atoms with E-state index < -0.39 is 12.0 Å². The Kier molecular flexibility index (Phi) is 7.00. The molecular weight excluding hydrogens is 264 g/mol. The number of hydrogen-bond acceptors (Lipinski definition) is 4. The van der Waals surface area contributed by atoms with Gasteiger partial charge in [0.25, 0.3) is 0 Å². The molecule has 1 unspecified atom stereocenters. The smallest absolute Gasteiger partial charge is 0.324 e. The van der Waals surface area contributed by atoms with Gasteiger partial charge in [-0.2, -0.15) is 0 Å². The van der Waals surface area contributed by atoms with Gasteiger partial charge < -0.3 is 14.7 Å². The van der Waals surface area contributed by atoms with Gasteiger partial charge in [0.1, 0.15) is 0 Å². The highest BCUT2D eigenvalue weighted by atomic mass is 16.5. The molecule has 1 heterocycles. The van der Waals surface area contributed by atoms with Gasteiger partial charge in [0, 0.05) is 32.5 Å². The number of aliphatic carboxylic acids is 1. The highest BCUT2D eigenvalue weighted by Crippen LogP contribution is 2.06. The van der Waals surface area contributed by atoms with Crippen LogP contribution in [-0.2, 0) is 14.3 Å². The van der Waals surface area contributed by atoms with Crippen LogP contribution >= 0.6 is 0 Å². The summed E-state index contributed by atoms with van der Waals surface area (Å²) in [6.07, 6.45) is 1.83. The Balaban J connectivity index is 2.26. The van der Waals surface area contributed by atoms with E-state index in [4.69, 9.17) is 9.84 Å². The van der Waals surface area contributed by atoms with Crippen molar-refractivity contribution in [3.05, 3.63) is 0 Å². The molecule has 0 aromatic carbocycles. The molecule has 0 aromatic heterocycles. The van der Waals surface area contributed by atoms with Crippen LogP contribution in [0.1, 0.15) is 39.0 Å². The van der Waals surface area contributed by atoms with E-state index in [0.29, 0.717) is 32.5 Å². The molecule has 1 aliphatic heterocycles. The number of urea groups is 1. The van der Waals surface area contributed by atoms with Gasteiger partial charge in [0.2, 0.25) is 5.91 Å². The molecule has 7 nitrogen and oxygen atoms in total. The minimum absolute atomic E-state index is 0.0334. The van der Waals surface area contributed by atoms with E-state index >= 15 is 0 Å². The van der Waals surface area contributed by atoms with E-state index in [0.717, 1.165) is 6.42 Å². The molecule has 3 amide bonds. The van der Waals surface area contributed by atoms with E-state index in [1.807, 2.05) is 6.92 Å². The van der Waals surface area contributed by atoms with Crippen molar-refractivity contribution in [2.45, 2.75) is 45.1 Å². The highest BCUT2D eigenvalue weighted by Gasteiger charge is 2.21. The Hall–Kier alpha value is -1.63. The summed E-state index contributed by atoms with van der Waals surface area (Å²) in [6.45, 7) is 3.55. The molecule has 1 atom stereocenters.